The summed E-state index contributed by atoms with van der Waals surface area (Å²) in [4.78, 5) is 4.29. The molecule has 6 heteroatoms. The van der Waals surface area contributed by atoms with Crippen LogP contribution in [0.1, 0.15) is 32.0 Å². The highest BCUT2D eigenvalue weighted by atomic mass is 32.2. The first-order valence-corrected chi connectivity index (χ1v) is 6.77. The molecule has 92 valence electrons. The lowest BCUT2D eigenvalue weighted by atomic mass is 10.0. The first-order chi connectivity index (χ1) is 8.17. The minimum Gasteiger partial charge on any atom is -0.300 e. The van der Waals surface area contributed by atoms with Gasteiger partial charge in [0.2, 0.25) is 5.16 Å². The van der Waals surface area contributed by atoms with E-state index in [-0.39, 0.29) is 5.54 Å². The molecule has 1 aromatic rings. The molecule has 0 aliphatic heterocycles. The largest absolute Gasteiger partial charge is 0.300 e. The van der Waals surface area contributed by atoms with Gasteiger partial charge in [0.15, 0.2) is 0 Å². The van der Waals surface area contributed by atoms with E-state index >= 15 is 0 Å². The summed E-state index contributed by atoms with van der Waals surface area (Å²) < 4.78 is 0. The summed E-state index contributed by atoms with van der Waals surface area (Å²) in [6.45, 7) is 4.77. The lowest BCUT2D eigenvalue weighted by Crippen LogP contribution is -2.41. The Labute approximate surface area is 105 Å². The van der Waals surface area contributed by atoms with E-state index in [2.05, 4.69) is 26.6 Å². The monoisotopic (exact) mass is 251 g/mol. The molecule has 2 unspecified atom stereocenters. The van der Waals surface area contributed by atoms with Gasteiger partial charge in [-0.2, -0.15) is 5.26 Å². The van der Waals surface area contributed by atoms with Crippen molar-refractivity contribution < 1.29 is 0 Å². The van der Waals surface area contributed by atoms with Crippen LogP contribution in [-0.4, -0.2) is 32.5 Å². The molecule has 1 saturated carbocycles. The van der Waals surface area contributed by atoms with Crippen LogP contribution in [0.3, 0.4) is 0 Å². The van der Waals surface area contributed by atoms with Crippen LogP contribution in [0.5, 0.6) is 0 Å². The number of aromatic amines is 1. The Morgan fingerprint density at radius 3 is 3.12 bits per heavy atom. The number of nitrogens with zero attached hydrogens (tertiary/aromatic N) is 3. The molecule has 1 aliphatic rings. The number of aromatic nitrogens is 3. The Bertz CT molecular complexity index is 424. The molecule has 5 nitrogen and oxygen atoms in total. The molecule has 0 radical (unpaired) electrons. The van der Waals surface area contributed by atoms with Gasteiger partial charge in [0, 0.05) is 5.25 Å². The molecule has 0 spiro atoms. The minimum absolute atomic E-state index is 0.336. The van der Waals surface area contributed by atoms with Crippen molar-refractivity contribution in [3.05, 3.63) is 5.82 Å². The number of nitriles is 1. The topological polar surface area (TPSA) is 77.4 Å². The average Bonchev–Trinajstić information content (AvgIpc) is 2.88. The van der Waals surface area contributed by atoms with Crippen LogP contribution in [0, 0.1) is 18.3 Å². The van der Waals surface area contributed by atoms with Crippen LogP contribution < -0.4 is 5.32 Å². The lowest BCUT2D eigenvalue weighted by molar-refractivity contribution is 0.436. The molecular weight excluding hydrogens is 234 g/mol. The van der Waals surface area contributed by atoms with Crippen LogP contribution in [0.15, 0.2) is 5.16 Å². The van der Waals surface area contributed by atoms with E-state index in [4.69, 9.17) is 0 Å². The molecule has 0 amide bonds. The second-order valence-corrected chi connectivity index (χ2v) is 5.68. The number of thioether (sulfide) groups is 1. The molecule has 0 bridgehead atoms. The first kappa shape index (κ1) is 12.4. The van der Waals surface area contributed by atoms with E-state index in [1.165, 1.54) is 0 Å². The third kappa shape index (κ3) is 2.79. The highest BCUT2D eigenvalue weighted by molar-refractivity contribution is 7.99. The van der Waals surface area contributed by atoms with Gasteiger partial charge >= 0.3 is 0 Å². The van der Waals surface area contributed by atoms with E-state index in [1.54, 1.807) is 11.8 Å². The van der Waals surface area contributed by atoms with E-state index in [9.17, 15) is 5.26 Å². The van der Waals surface area contributed by atoms with E-state index in [1.807, 2.05) is 13.8 Å². The second kappa shape index (κ2) is 5.07. The standard InChI is InChI=1S/C11H17N5S/c1-3-13-11(7-12)5-4-9(6-11)17-10-14-8(2)15-16-10/h9,13H,3-6H2,1-2H3,(H,14,15,16). The highest BCUT2D eigenvalue weighted by Gasteiger charge is 2.39. The van der Waals surface area contributed by atoms with Gasteiger partial charge in [-0.1, -0.05) is 18.7 Å². The number of hydrogen-bond acceptors (Lipinski definition) is 5. The molecular formula is C11H17N5S. The van der Waals surface area contributed by atoms with E-state index < -0.39 is 0 Å². The zero-order valence-electron chi connectivity index (χ0n) is 10.2. The maximum absolute atomic E-state index is 9.28. The van der Waals surface area contributed by atoms with Gasteiger partial charge in [-0.25, -0.2) is 4.98 Å². The van der Waals surface area contributed by atoms with Gasteiger partial charge in [0.05, 0.1) is 6.07 Å². The van der Waals surface area contributed by atoms with Crippen molar-refractivity contribution >= 4 is 11.8 Å². The molecule has 1 fully saturated rings. The summed E-state index contributed by atoms with van der Waals surface area (Å²) in [5, 5.41) is 20.8. The number of H-pyrrole nitrogens is 1. The highest BCUT2D eigenvalue weighted by Crippen LogP contribution is 2.38. The Kier molecular flexibility index (Phi) is 3.69. The molecule has 0 aromatic carbocycles. The van der Waals surface area contributed by atoms with Gasteiger partial charge in [0.25, 0.3) is 0 Å². The van der Waals surface area contributed by atoms with Crippen LogP contribution in [0.25, 0.3) is 0 Å². The normalized spacial score (nSPS) is 28.2. The number of rotatable bonds is 4. The van der Waals surface area contributed by atoms with E-state index in [0.29, 0.717) is 5.25 Å². The minimum atomic E-state index is -0.336. The smallest absolute Gasteiger partial charge is 0.208 e. The number of aryl methyl sites for hydroxylation is 1. The molecule has 1 aromatic heterocycles. The maximum Gasteiger partial charge on any atom is 0.208 e. The van der Waals surface area contributed by atoms with Gasteiger partial charge in [0.1, 0.15) is 11.4 Å². The average molecular weight is 251 g/mol. The lowest BCUT2D eigenvalue weighted by Gasteiger charge is -2.21. The van der Waals surface area contributed by atoms with Crippen molar-refractivity contribution in [2.75, 3.05) is 6.54 Å². The van der Waals surface area contributed by atoms with Crippen molar-refractivity contribution in [1.29, 1.82) is 5.26 Å². The fourth-order valence-electron chi connectivity index (χ4n) is 2.26. The third-order valence-corrected chi connectivity index (χ3v) is 4.18. The molecule has 1 heterocycles. The van der Waals surface area contributed by atoms with Gasteiger partial charge < -0.3 is 0 Å². The van der Waals surface area contributed by atoms with Crippen LogP contribution in [-0.2, 0) is 0 Å². The zero-order chi connectivity index (χ0) is 12.3. The SMILES string of the molecule is CCNC1(C#N)CCC(Sc2n[nH]c(C)n2)C1. The predicted molar refractivity (Wildman–Crippen MR) is 66.6 cm³/mol. The molecule has 2 N–H and O–H groups in total. The van der Waals surface area contributed by atoms with Gasteiger partial charge in [-0.3, -0.25) is 10.4 Å². The molecule has 1 aliphatic carbocycles. The fourth-order valence-corrected chi connectivity index (χ4v) is 3.45. The summed E-state index contributed by atoms with van der Waals surface area (Å²) in [5.74, 6) is 0.837. The summed E-state index contributed by atoms with van der Waals surface area (Å²) in [7, 11) is 0. The molecule has 17 heavy (non-hydrogen) atoms. The van der Waals surface area contributed by atoms with Gasteiger partial charge in [-0.05, 0) is 32.7 Å². The first-order valence-electron chi connectivity index (χ1n) is 5.89. The summed E-state index contributed by atoms with van der Waals surface area (Å²) in [5.41, 5.74) is -0.336. The van der Waals surface area contributed by atoms with Crippen LogP contribution in [0.4, 0.5) is 0 Å². The Morgan fingerprint density at radius 2 is 2.53 bits per heavy atom. The van der Waals surface area contributed by atoms with Crippen molar-refractivity contribution in [1.82, 2.24) is 20.5 Å². The second-order valence-electron chi connectivity index (χ2n) is 4.41. The molecule has 2 atom stereocenters. The number of hydrogen-bond donors (Lipinski definition) is 2. The zero-order valence-corrected chi connectivity index (χ0v) is 11.0. The Balaban J connectivity index is 1.96. The molecule has 0 saturated heterocycles. The summed E-state index contributed by atoms with van der Waals surface area (Å²) in [6.07, 6.45) is 2.83. The Hall–Kier alpha value is -1.06. The maximum atomic E-state index is 9.28. The van der Waals surface area contributed by atoms with Crippen molar-refractivity contribution in [3.63, 3.8) is 0 Å². The summed E-state index contributed by atoms with van der Waals surface area (Å²) in [6, 6.07) is 2.43. The summed E-state index contributed by atoms with van der Waals surface area (Å²) >= 11 is 1.67. The Morgan fingerprint density at radius 1 is 1.71 bits per heavy atom. The van der Waals surface area contributed by atoms with E-state index in [0.717, 1.165) is 36.8 Å². The van der Waals surface area contributed by atoms with Crippen molar-refractivity contribution in [3.8, 4) is 6.07 Å². The van der Waals surface area contributed by atoms with Crippen LogP contribution >= 0.6 is 11.8 Å². The van der Waals surface area contributed by atoms with Gasteiger partial charge in [-0.15, -0.1) is 5.10 Å². The molecule has 2 rings (SSSR count). The third-order valence-electron chi connectivity index (χ3n) is 3.05. The quantitative estimate of drug-likeness (QED) is 0.850. The number of nitrogens with one attached hydrogen (secondary N) is 2. The van der Waals surface area contributed by atoms with Crippen molar-refractivity contribution in [2.45, 2.75) is 49.1 Å². The predicted octanol–water partition coefficient (Wildman–Crippen LogP) is 1.63. The van der Waals surface area contributed by atoms with Crippen molar-refractivity contribution in [2.24, 2.45) is 0 Å². The van der Waals surface area contributed by atoms with Crippen LogP contribution in [0.2, 0.25) is 0 Å². The fraction of sp³-hybridized carbons (Fsp3) is 0.727.